The van der Waals surface area contributed by atoms with Crippen LogP contribution in [0.15, 0.2) is 35.9 Å². The summed E-state index contributed by atoms with van der Waals surface area (Å²) in [5.74, 6) is -1.32. The molecular weight excluding hydrogens is 420 g/mol. The third-order valence-electron chi connectivity index (χ3n) is 5.49. The van der Waals surface area contributed by atoms with E-state index in [1.807, 2.05) is 0 Å². The van der Waals surface area contributed by atoms with E-state index in [9.17, 15) is 14.4 Å². The largest absolute Gasteiger partial charge is 0.462 e. The number of quaternary nitrogens is 1. The minimum atomic E-state index is -1.08. The second-order valence-corrected chi connectivity index (χ2v) is 10.0. The number of esters is 2. The Morgan fingerprint density at radius 2 is 1.70 bits per heavy atom. The molecule has 1 aromatic carbocycles. The van der Waals surface area contributed by atoms with Crippen LogP contribution >= 0.6 is 0 Å². The van der Waals surface area contributed by atoms with Crippen molar-refractivity contribution in [1.82, 2.24) is 5.32 Å². The third kappa shape index (κ3) is 9.78. The fourth-order valence-electron chi connectivity index (χ4n) is 3.76. The summed E-state index contributed by atoms with van der Waals surface area (Å²) >= 11 is 0. The van der Waals surface area contributed by atoms with Crippen LogP contribution in [-0.2, 0) is 19.1 Å². The summed E-state index contributed by atoms with van der Waals surface area (Å²) in [6.45, 7) is 4.84. The highest BCUT2D eigenvalue weighted by molar-refractivity contribution is 5.91. The van der Waals surface area contributed by atoms with Gasteiger partial charge in [0.15, 0.2) is 0 Å². The van der Waals surface area contributed by atoms with Crippen LogP contribution < -0.4 is 5.32 Å². The predicted octanol–water partition coefficient (Wildman–Crippen LogP) is 3.94. The Bertz CT molecular complexity index is 829. The van der Waals surface area contributed by atoms with Crippen LogP contribution in [0.5, 0.6) is 0 Å². The number of hydrogen-bond donors (Lipinski definition) is 1. The van der Waals surface area contributed by atoms with E-state index in [2.05, 4.69) is 26.5 Å². The normalized spacial score (nSPS) is 15.3. The number of benzene rings is 1. The zero-order chi connectivity index (χ0) is 24.4. The van der Waals surface area contributed by atoms with E-state index in [1.54, 1.807) is 38.1 Å². The Hall–Kier alpha value is -2.67. The molecule has 0 aromatic heterocycles. The van der Waals surface area contributed by atoms with Crippen LogP contribution in [0.1, 0.15) is 74.4 Å². The first-order valence-electron chi connectivity index (χ1n) is 11.8. The lowest BCUT2D eigenvalue weighted by Gasteiger charge is -2.25. The number of ether oxygens (including phenoxy) is 2. The van der Waals surface area contributed by atoms with Gasteiger partial charge in [-0.15, -0.1) is 0 Å². The Morgan fingerprint density at radius 1 is 1.06 bits per heavy atom. The lowest BCUT2D eigenvalue weighted by atomic mass is 9.95. The highest BCUT2D eigenvalue weighted by Crippen LogP contribution is 2.23. The van der Waals surface area contributed by atoms with Gasteiger partial charge >= 0.3 is 11.9 Å². The molecule has 1 aromatic rings. The second kappa shape index (κ2) is 12.5. The molecule has 1 saturated carbocycles. The zero-order valence-electron chi connectivity index (χ0n) is 20.7. The fraction of sp³-hybridized carbons (Fsp3) is 0.577. The van der Waals surface area contributed by atoms with Crippen molar-refractivity contribution < 1.29 is 28.3 Å². The number of carbonyl (C=O) groups excluding carboxylic acids is 3. The summed E-state index contributed by atoms with van der Waals surface area (Å²) in [5.41, 5.74) is 1.70. The van der Waals surface area contributed by atoms with Crippen molar-refractivity contribution in [3.63, 3.8) is 0 Å². The van der Waals surface area contributed by atoms with Gasteiger partial charge in [-0.1, -0.05) is 37.0 Å². The van der Waals surface area contributed by atoms with Crippen LogP contribution in [0.25, 0.3) is 0 Å². The Labute approximate surface area is 197 Å². The molecule has 2 rings (SSSR count). The molecular formula is C26H39N2O5+. The SMILES string of the molecule is CC(C)=CC(=O)OC(C(=O)NC1CCCCC1)c1ccc(C(=O)OCCC[N+](C)(C)C)cc1. The highest BCUT2D eigenvalue weighted by atomic mass is 16.5. The molecule has 0 saturated heterocycles. The average molecular weight is 460 g/mol. The lowest BCUT2D eigenvalue weighted by Crippen LogP contribution is -2.40. The minimum absolute atomic E-state index is 0.0943. The first-order valence-corrected chi connectivity index (χ1v) is 11.8. The molecule has 0 bridgehead atoms. The minimum Gasteiger partial charge on any atom is -0.462 e. The molecule has 1 amide bonds. The van der Waals surface area contributed by atoms with Gasteiger partial charge in [-0.3, -0.25) is 4.79 Å². The van der Waals surface area contributed by atoms with E-state index in [4.69, 9.17) is 9.47 Å². The van der Waals surface area contributed by atoms with Crippen LogP contribution in [-0.4, -0.2) is 62.7 Å². The average Bonchev–Trinajstić information content (AvgIpc) is 2.74. The van der Waals surface area contributed by atoms with Crippen molar-refractivity contribution in [2.24, 2.45) is 0 Å². The molecule has 1 atom stereocenters. The molecule has 1 aliphatic rings. The summed E-state index contributed by atoms with van der Waals surface area (Å²) in [5, 5.41) is 3.03. The summed E-state index contributed by atoms with van der Waals surface area (Å²) in [6, 6.07) is 6.59. The Balaban J connectivity index is 2.07. The molecule has 1 N–H and O–H groups in total. The standard InChI is InChI=1S/C26H38N2O5/c1-19(2)18-23(29)33-24(25(30)27-22-10-7-6-8-11-22)20-12-14-21(15-13-20)26(31)32-17-9-16-28(3,4)5/h12-15,18,22,24H,6-11,16-17H2,1-5H3/p+1. The van der Waals surface area contributed by atoms with Gasteiger partial charge in [0.05, 0.1) is 39.9 Å². The number of carbonyl (C=O) groups is 3. The molecule has 7 heteroatoms. The molecule has 1 unspecified atom stereocenters. The molecule has 0 aliphatic heterocycles. The van der Waals surface area contributed by atoms with E-state index in [-0.39, 0.29) is 11.9 Å². The van der Waals surface area contributed by atoms with Crippen LogP contribution in [0.4, 0.5) is 0 Å². The van der Waals surface area contributed by atoms with E-state index in [0.29, 0.717) is 17.7 Å². The first kappa shape index (κ1) is 26.6. The summed E-state index contributed by atoms with van der Waals surface area (Å²) in [7, 11) is 6.27. The van der Waals surface area contributed by atoms with Crippen molar-refractivity contribution in [3.8, 4) is 0 Å². The molecule has 7 nitrogen and oxygen atoms in total. The Morgan fingerprint density at radius 3 is 2.27 bits per heavy atom. The number of amides is 1. The van der Waals surface area contributed by atoms with Crippen molar-refractivity contribution in [2.45, 2.75) is 64.5 Å². The van der Waals surface area contributed by atoms with Crippen molar-refractivity contribution in [3.05, 3.63) is 47.0 Å². The first-order chi connectivity index (χ1) is 15.5. The third-order valence-corrected chi connectivity index (χ3v) is 5.49. The fourth-order valence-corrected chi connectivity index (χ4v) is 3.76. The van der Waals surface area contributed by atoms with Gasteiger partial charge < -0.3 is 19.3 Å². The van der Waals surface area contributed by atoms with Crippen molar-refractivity contribution in [2.75, 3.05) is 34.3 Å². The van der Waals surface area contributed by atoms with E-state index in [0.717, 1.165) is 48.7 Å². The smallest absolute Gasteiger partial charge is 0.338 e. The second-order valence-electron chi connectivity index (χ2n) is 10.0. The molecule has 1 fully saturated rings. The number of allylic oxidation sites excluding steroid dienone is 1. The molecule has 0 spiro atoms. The summed E-state index contributed by atoms with van der Waals surface area (Å²) < 4.78 is 11.7. The Kier molecular flexibility index (Phi) is 10.1. The molecule has 33 heavy (non-hydrogen) atoms. The molecule has 0 radical (unpaired) electrons. The highest BCUT2D eigenvalue weighted by Gasteiger charge is 2.27. The van der Waals surface area contributed by atoms with Gasteiger partial charge in [0, 0.05) is 24.1 Å². The predicted molar refractivity (Wildman–Crippen MR) is 128 cm³/mol. The molecule has 182 valence electrons. The van der Waals surface area contributed by atoms with Crippen molar-refractivity contribution >= 4 is 17.8 Å². The van der Waals surface area contributed by atoms with Gasteiger partial charge in [-0.25, -0.2) is 9.59 Å². The lowest BCUT2D eigenvalue weighted by molar-refractivity contribution is -0.870. The van der Waals surface area contributed by atoms with E-state index < -0.39 is 18.0 Å². The monoisotopic (exact) mass is 459 g/mol. The van der Waals surface area contributed by atoms with Gasteiger partial charge in [-0.05, 0) is 38.8 Å². The zero-order valence-corrected chi connectivity index (χ0v) is 20.7. The maximum atomic E-state index is 13.0. The number of hydrogen-bond acceptors (Lipinski definition) is 5. The van der Waals surface area contributed by atoms with E-state index >= 15 is 0 Å². The van der Waals surface area contributed by atoms with Gasteiger partial charge in [0.1, 0.15) is 0 Å². The molecule has 1 aliphatic carbocycles. The van der Waals surface area contributed by atoms with Crippen LogP contribution in [0.3, 0.4) is 0 Å². The summed E-state index contributed by atoms with van der Waals surface area (Å²) in [6.07, 6.45) is 6.26. The summed E-state index contributed by atoms with van der Waals surface area (Å²) in [4.78, 5) is 37.6. The van der Waals surface area contributed by atoms with Gasteiger partial charge in [0.25, 0.3) is 5.91 Å². The quantitative estimate of drug-likeness (QED) is 0.248. The van der Waals surface area contributed by atoms with Crippen molar-refractivity contribution in [1.29, 1.82) is 0 Å². The topological polar surface area (TPSA) is 81.7 Å². The van der Waals surface area contributed by atoms with Gasteiger partial charge in [0.2, 0.25) is 6.10 Å². The van der Waals surface area contributed by atoms with Crippen LogP contribution in [0.2, 0.25) is 0 Å². The number of nitrogens with zero attached hydrogens (tertiary/aromatic N) is 1. The van der Waals surface area contributed by atoms with Crippen LogP contribution in [0, 0.1) is 0 Å². The van der Waals surface area contributed by atoms with E-state index in [1.165, 1.54) is 12.5 Å². The molecule has 0 heterocycles. The maximum absolute atomic E-state index is 13.0. The number of rotatable bonds is 10. The maximum Gasteiger partial charge on any atom is 0.338 e. The number of nitrogens with one attached hydrogen (secondary N) is 1. The van der Waals surface area contributed by atoms with Gasteiger partial charge in [-0.2, -0.15) is 0 Å².